The minimum atomic E-state index is -0.602. The van der Waals surface area contributed by atoms with Crippen LogP contribution in [0.3, 0.4) is 0 Å². The van der Waals surface area contributed by atoms with Crippen molar-refractivity contribution in [1.29, 1.82) is 0 Å². The maximum atomic E-state index is 12.4. The summed E-state index contributed by atoms with van der Waals surface area (Å²) in [5.41, 5.74) is 1.15. The average Bonchev–Trinajstić information content (AvgIpc) is 3.10. The number of ether oxygens (including phenoxy) is 1. The van der Waals surface area contributed by atoms with E-state index in [4.69, 9.17) is 4.74 Å². The maximum Gasteiger partial charge on any atom is 0.306 e. The molecule has 0 saturated heterocycles. The van der Waals surface area contributed by atoms with Crippen LogP contribution in [-0.2, 0) is 21.5 Å². The van der Waals surface area contributed by atoms with E-state index in [1.807, 2.05) is 31.4 Å². The van der Waals surface area contributed by atoms with Gasteiger partial charge in [0.25, 0.3) is 5.69 Å². The van der Waals surface area contributed by atoms with Crippen molar-refractivity contribution >= 4 is 17.9 Å². The van der Waals surface area contributed by atoms with E-state index in [9.17, 15) is 19.7 Å². The van der Waals surface area contributed by atoms with Crippen LogP contribution in [0.5, 0.6) is 0 Å². The van der Waals surface area contributed by atoms with E-state index in [1.54, 1.807) is 24.3 Å². The summed E-state index contributed by atoms with van der Waals surface area (Å²) in [5, 5.41) is 11.7. The molecular formula is C24H28N2O5. The summed E-state index contributed by atoms with van der Waals surface area (Å²) < 4.78 is 7.39. The molecule has 31 heavy (non-hydrogen) atoms. The Morgan fingerprint density at radius 3 is 2.65 bits per heavy atom. The SMILES string of the molecule is C=CC1(CCC(=O)OC(C)(C)C)CCCn2c(C=O)cc(-c3ccccc3[N+](=O)[O-])c21. The van der Waals surface area contributed by atoms with Crippen molar-refractivity contribution in [1.82, 2.24) is 4.57 Å². The molecule has 1 aliphatic rings. The van der Waals surface area contributed by atoms with E-state index in [2.05, 4.69) is 6.58 Å². The van der Waals surface area contributed by atoms with Gasteiger partial charge in [-0.3, -0.25) is 19.7 Å². The number of allylic oxidation sites excluding steroid dienone is 1. The van der Waals surface area contributed by atoms with Crippen LogP contribution in [0.4, 0.5) is 5.69 Å². The molecule has 0 bridgehead atoms. The predicted octanol–water partition coefficient (Wildman–Crippen LogP) is 5.22. The van der Waals surface area contributed by atoms with E-state index in [0.29, 0.717) is 29.8 Å². The van der Waals surface area contributed by atoms with Crippen LogP contribution in [0, 0.1) is 10.1 Å². The fraction of sp³-hybridized carbons (Fsp3) is 0.417. The molecule has 0 amide bonds. The zero-order chi connectivity index (χ0) is 22.8. The van der Waals surface area contributed by atoms with Crippen molar-refractivity contribution in [2.45, 2.75) is 64.0 Å². The van der Waals surface area contributed by atoms with E-state index < -0.39 is 15.9 Å². The number of aldehydes is 1. The van der Waals surface area contributed by atoms with Crippen molar-refractivity contribution in [2.75, 3.05) is 0 Å². The highest BCUT2D eigenvalue weighted by molar-refractivity contribution is 5.84. The van der Waals surface area contributed by atoms with Gasteiger partial charge in [0, 0.05) is 35.7 Å². The Labute approximate surface area is 181 Å². The average molecular weight is 424 g/mol. The van der Waals surface area contributed by atoms with Gasteiger partial charge in [0.2, 0.25) is 0 Å². The summed E-state index contributed by atoms with van der Waals surface area (Å²) in [4.78, 5) is 35.5. The topological polar surface area (TPSA) is 91.4 Å². The smallest absolute Gasteiger partial charge is 0.306 e. The third-order valence-corrected chi connectivity index (χ3v) is 5.70. The van der Waals surface area contributed by atoms with Crippen LogP contribution in [0.15, 0.2) is 43.0 Å². The number of nitro groups is 1. The monoisotopic (exact) mass is 424 g/mol. The Hall–Kier alpha value is -3.22. The highest BCUT2D eigenvalue weighted by Gasteiger charge is 2.39. The molecule has 1 aromatic carbocycles. The van der Waals surface area contributed by atoms with Crippen molar-refractivity contribution in [3.63, 3.8) is 0 Å². The van der Waals surface area contributed by atoms with Crippen molar-refractivity contribution in [3.05, 3.63) is 64.5 Å². The van der Waals surface area contributed by atoms with Gasteiger partial charge in [0.15, 0.2) is 6.29 Å². The van der Waals surface area contributed by atoms with Gasteiger partial charge in [-0.2, -0.15) is 0 Å². The Morgan fingerprint density at radius 1 is 1.32 bits per heavy atom. The molecule has 164 valence electrons. The quantitative estimate of drug-likeness (QED) is 0.200. The van der Waals surface area contributed by atoms with E-state index in [0.717, 1.165) is 24.8 Å². The number of carbonyl (C=O) groups excluding carboxylic acids is 2. The molecule has 0 radical (unpaired) electrons. The van der Waals surface area contributed by atoms with Crippen LogP contribution >= 0.6 is 0 Å². The number of nitrogens with zero attached hydrogens (tertiary/aromatic N) is 2. The minimum Gasteiger partial charge on any atom is -0.460 e. The number of para-hydroxylation sites is 1. The Morgan fingerprint density at radius 2 is 2.03 bits per heavy atom. The fourth-order valence-electron chi connectivity index (χ4n) is 4.44. The lowest BCUT2D eigenvalue weighted by Crippen LogP contribution is -2.34. The predicted molar refractivity (Wildman–Crippen MR) is 118 cm³/mol. The lowest BCUT2D eigenvalue weighted by molar-refractivity contribution is -0.384. The first-order chi connectivity index (χ1) is 14.6. The second-order valence-electron chi connectivity index (χ2n) is 8.93. The molecule has 7 nitrogen and oxygen atoms in total. The van der Waals surface area contributed by atoms with Crippen LogP contribution in [0.2, 0.25) is 0 Å². The molecule has 1 aliphatic heterocycles. The molecule has 0 saturated carbocycles. The number of benzene rings is 1. The first-order valence-electron chi connectivity index (χ1n) is 10.4. The molecule has 0 N–H and O–H groups in total. The van der Waals surface area contributed by atoms with Crippen LogP contribution in [0.25, 0.3) is 11.1 Å². The van der Waals surface area contributed by atoms with E-state index in [1.165, 1.54) is 6.07 Å². The fourth-order valence-corrected chi connectivity index (χ4v) is 4.44. The molecule has 2 heterocycles. The number of hydrogen-bond acceptors (Lipinski definition) is 5. The zero-order valence-electron chi connectivity index (χ0n) is 18.2. The third kappa shape index (κ3) is 4.45. The molecular weight excluding hydrogens is 396 g/mol. The molecule has 1 aromatic heterocycles. The number of fused-ring (bicyclic) bond motifs is 1. The summed E-state index contributed by atoms with van der Waals surface area (Å²) in [6.45, 7) is 10.1. The number of nitro benzene ring substituents is 1. The molecule has 1 atom stereocenters. The number of carbonyl (C=O) groups is 2. The first-order valence-corrected chi connectivity index (χ1v) is 10.4. The number of aromatic nitrogens is 1. The molecule has 3 rings (SSSR count). The summed E-state index contributed by atoms with van der Waals surface area (Å²) in [6, 6.07) is 8.22. The van der Waals surface area contributed by atoms with Gasteiger partial charge in [-0.05, 0) is 52.2 Å². The van der Waals surface area contributed by atoms with Crippen molar-refractivity contribution < 1.29 is 19.2 Å². The number of esters is 1. The normalized spacial score (nSPS) is 18.2. The van der Waals surface area contributed by atoms with Gasteiger partial charge >= 0.3 is 5.97 Å². The summed E-state index contributed by atoms with van der Waals surface area (Å²) >= 11 is 0. The summed E-state index contributed by atoms with van der Waals surface area (Å²) in [7, 11) is 0. The molecule has 2 aromatic rings. The van der Waals surface area contributed by atoms with E-state index >= 15 is 0 Å². The zero-order valence-corrected chi connectivity index (χ0v) is 18.2. The van der Waals surface area contributed by atoms with Gasteiger partial charge in [0.05, 0.1) is 16.2 Å². The maximum absolute atomic E-state index is 12.4. The lowest BCUT2D eigenvalue weighted by Gasteiger charge is -2.37. The standard InChI is InChI=1S/C24H28N2O5/c1-5-24(13-11-21(28)31-23(2,3)4)12-8-14-25-17(16-27)15-19(22(24)25)18-9-6-7-10-20(18)26(29)30/h5-7,9-10,15-16H,1,8,11-14H2,2-4H3. The van der Waals surface area contributed by atoms with Crippen LogP contribution < -0.4 is 0 Å². The van der Waals surface area contributed by atoms with Gasteiger partial charge in [0.1, 0.15) is 5.60 Å². The van der Waals surface area contributed by atoms with Gasteiger partial charge in [-0.25, -0.2) is 0 Å². The molecule has 0 spiro atoms. The second-order valence-corrected chi connectivity index (χ2v) is 8.93. The van der Waals surface area contributed by atoms with E-state index in [-0.39, 0.29) is 18.1 Å². The molecule has 0 fully saturated rings. The highest BCUT2D eigenvalue weighted by atomic mass is 16.6. The van der Waals surface area contributed by atoms with Crippen molar-refractivity contribution in [3.8, 4) is 11.1 Å². The van der Waals surface area contributed by atoms with Gasteiger partial charge in [-0.15, -0.1) is 6.58 Å². The molecule has 1 unspecified atom stereocenters. The highest BCUT2D eigenvalue weighted by Crippen LogP contribution is 2.47. The van der Waals surface area contributed by atoms with Crippen molar-refractivity contribution in [2.24, 2.45) is 0 Å². The summed E-state index contributed by atoms with van der Waals surface area (Å²) in [5.74, 6) is -0.305. The number of hydrogen-bond donors (Lipinski definition) is 0. The van der Waals surface area contributed by atoms with Crippen LogP contribution in [0.1, 0.15) is 62.6 Å². The van der Waals surface area contributed by atoms with Gasteiger partial charge < -0.3 is 9.30 Å². The third-order valence-electron chi connectivity index (χ3n) is 5.70. The molecule has 7 heteroatoms. The Balaban J connectivity index is 2.12. The van der Waals surface area contributed by atoms with Crippen LogP contribution in [-0.4, -0.2) is 27.3 Å². The second kappa shape index (κ2) is 8.49. The summed E-state index contributed by atoms with van der Waals surface area (Å²) in [6.07, 6.45) is 4.75. The lowest BCUT2D eigenvalue weighted by atomic mass is 9.72. The Kier molecular flexibility index (Phi) is 6.15. The molecule has 0 aliphatic carbocycles. The minimum absolute atomic E-state index is 0.0240. The number of rotatable bonds is 7. The Bertz CT molecular complexity index is 1030. The largest absolute Gasteiger partial charge is 0.460 e. The first kappa shape index (κ1) is 22.5. The van der Waals surface area contributed by atoms with Gasteiger partial charge in [-0.1, -0.05) is 18.2 Å².